The van der Waals surface area contributed by atoms with Gasteiger partial charge in [0.25, 0.3) is 5.56 Å². The number of carbonyl (C=O) groups is 1. The maximum Gasteiger partial charge on any atom is 0.276 e. The van der Waals surface area contributed by atoms with Gasteiger partial charge in [0.1, 0.15) is 4.70 Å². The van der Waals surface area contributed by atoms with Crippen molar-refractivity contribution in [2.45, 2.75) is 25.9 Å². The number of aryl methyl sites for hydroxylation is 3. The molecule has 0 radical (unpaired) electrons. The topological polar surface area (TPSA) is 64.0 Å². The molecule has 0 aliphatic rings. The smallest absolute Gasteiger partial charge is 0.276 e. The Hall–Kier alpha value is -2.90. The monoisotopic (exact) mass is 435 g/mol. The Bertz CT molecular complexity index is 1310. The van der Waals surface area contributed by atoms with E-state index in [-0.39, 0.29) is 17.2 Å². The first kappa shape index (κ1) is 20.4. The zero-order chi connectivity index (χ0) is 21.3. The molecule has 7 heteroatoms. The van der Waals surface area contributed by atoms with E-state index in [0.29, 0.717) is 15.4 Å². The van der Waals surface area contributed by atoms with E-state index in [9.17, 15) is 9.59 Å². The Morgan fingerprint density at radius 1 is 1.10 bits per heavy atom. The molecule has 5 nitrogen and oxygen atoms in total. The van der Waals surface area contributed by atoms with Gasteiger partial charge in [-0.1, -0.05) is 47.7 Å². The first-order valence-electron chi connectivity index (χ1n) is 9.50. The van der Waals surface area contributed by atoms with Gasteiger partial charge in [-0.15, -0.1) is 11.3 Å². The summed E-state index contributed by atoms with van der Waals surface area (Å²) >= 11 is 2.65. The Morgan fingerprint density at radius 3 is 2.67 bits per heavy atom. The molecule has 152 valence electrons. The molecule has 4 aromatic rings. The number of anilines is 1. The van der Waals surface area contributed by atoms with Gasteiger partial charge in [0.15, 0.2) is 5.16 Å². The molecule has 0 saturated heterocycles. The zero-order valence-corrected chi connectivity index (χ0v) is 18.6. The number of nitrogens with zero attached hydrogens (tertiary/aromatic N) is 2. The summed E-state index contributed by atoms with van der Waals surface area (Å²) in [5.74, 6) is 0.0179. The van der Waals surface area contributed by atoms with E-state index in [0.717, 1.165) is 28.1 Å². The standard InChI is InChI=1S/C23H21N3O2S2/c1-14-8-9-17(16(3)12-14)24-20(27)13-30-23-25-18-10-11-29-21(18)22(28)26(23)19-7-5-4-6-15(19)2/h4-12H,13H2,1-3H3,(H,24,27). The second-order valence-corrected chi connectivity index (χ2v) is 8.97. The van der Waals surface area contributed by atoms with Crippen LogP contribution in [-0.2, 0) is 4.79 Å². The third-order valence-corrected chi connectivity index (χ3v) is 6.62. The number of aromatic nitrogens is 2. The van der Waals surface area contributed by atoms with Crippen molar-refractivity contribution in [3.63, 3.8) is 0 Å². The number of thiophene rings is 1. The molecule has 0 unspecified atom stereocenters. The van der Waals surface area contributed by atoms with Crippen LogP contribution in [-0.4, -0.2) is 21.2 Å². The first-order chi connectivity index (χ1) is 14.4. The van der Waals surface area contributed by atoms with Crippen molar-refractivity contribution in [1.82, 2.24) is 9.55 Å². The van der Waals surface area contributed by atoms with Crippen LogP contribution < -0.4 is 10.9 Å². The summed E-state index contributed by atoms with van der Waals surface area (Å²) in [5.41, 5.74) is 5.26. The zero-order valence-electron chi connectivity index (χ0n) is 16.9. The van der Waals surface area contributed by atoms with Gasteiger partial charge in [-0.3, -0.25) is 14.2 Å². The van der Waals surface area contributed by atoms with E-state index < -0.39 is 0 Å². The largest absolute Gasteiger partial charge is 0.325 e. The van der Waals surface area contributed by atoms with E-state index in [1.54, 1.807) is 4.57 Å². The fraction of sp³-hybridized carbons (Fsp3) is 0.174. The highest BCUT2D eigenvalue weighted by Crippen LogP contribution is 2.25. The highest BCUT2D eigenvalue weighted by molar-refractivity contribution is 7.99. The molecule has 4 rings (SSSR count). The Kier molecular flexibility index (Phi) is 5.74. The van der Waals surface area contributed by atoms with Crippen LogP contribution in [0.4, 0.5) is 5.69 Å². The molecular formula is C23H21N3O2S2. The van der Waals surface area contributed by atoms with E-state index in [1.807, 2.05) is 74.7 Å². The summed E-state index contributed by atoms with van der Waals surface area (Å²) < 4.78 is 2.23. The predicted octanol–water partition coefficient (Wildman–Crippen LogP) is 5.10. The Labute approximate surface area is 182 Å². The molecular weight excluding hydrogens is 414 g/mol. The lowest BCUT2D eigenvalue weighted by atomic mass is 10.1. The minimum Gasteiger partial charge on any atom is -0.325 e. The van der Waals surface area contributed by atoms with E-state index in [4.69, 9.17) is 0 Å². The summed E-state index contributed by atoms with van der Waals surface area (Å²) in [5, 5.41) is 5.33. The van der Waals surface area contributed by atoms with E-state index in [1.165, 1.54) is 23.1 Å². The van der Waals surface area contributed by atoms with Gasteiger partial charge in [0.05, 0.1) is 17.0 Å². The van der Waals surface area contributed by atoms with Gasteiger partial charge in [0, 0.05) is 5.69 Å². The number of hydrogen-bond acceptors (Lipinski definition) is 5. The maximum atomic E-state index is 13.2. The van der Waals surface area contributed by atoms with Crippen molar-refractivity contribution in [2.75, 3.05) is 11.1 Å². The molecule has 0 spiro atoms. The van der Waals surface area contributed by atoms with Gasteiger partial charge in [0.2, 0.25) is 5.91 Å². The molecule has 2 aromatic heterocycles. The van der Waals surface area contributed by atoms with Crippen LogP contribution in [0.25, 0.3) is 15.9 Å². The van der Waals surface area contributed by atoms with Crippen molar-refractivity contribution in [2.24, 2.45) is 0 Å². The molecule has 0 aliphatic heterocycles. The number of carbonyl (C=O) groups excluding carboxylic acids is 1. The lowest BCUT2D eigenvalue weighted by Crippen LogP contribution is -2.23. The van der Waals surface area contributed by atoms with Gasteiger partial charge in [-0.25, -0.2) is 4.98 Å². The molecule has 30 heavy (non-hydrogen) atoms. The molecule has 1 amide bonds. The number of hydrogen-bond donors (Lipinski definition) is 1. The number of amides is 1. The van der Waals surface area contributed by atoms with Crippen LogP contribution >= 0.6 is 23.1 Å². The van der Waals surface area contributed by atoms with Crippen LogP contribution in [0.3, 0.4) is 0 Å². The third-order valence-electron chi connectivity index (χ3n) is 4.79. The fourth-order valence-electron chi connectivity index (χ4n) is 3.29. The van der Waals surface area contributed by atoms with Crippen LogP contribution in [0, 0.1) is 20.8 Å². The molecule has 2 heterocycles. The number of benzene rings is 2. The Morgan fingerprint density at radius 2 is 1.90 bits per heavy atom. The molecule has 1 N–H and O–H groups in total. The van der Waals surface area contributed by atoms with Crippen LogP contribution in [0.2, 0.25) is 0 Å². The highest BCUT2D eigenvalue weighted by atomic mass is 32.2. The minimum atomic E-state index is -0.136. The molecule has 2 aromatic carbocycles. The minimum absolute atomic E-state index is 0.110. The average molecular weight is 436 g/mol. The average Bonchev–Trinajstić information content (AvgIpc) is 3.18. The number of thioether (sulfide) groups is 1. The maximum absolute atomic E-state index is 13.2. The summed E-state index contributed by atoms with van der Waals surface area (Å²) in [7, 11) is 0. The number of fused-ring (bicyclic) bond motifs is 1. The first-order valence-corrected chi connectivity index (χ1v) is 11.4. The molecule has 0 aliphatic carbocycles. The summed E-state index contributed by atoms with van der Waals surface area (Å²) in [6, 6.07) is 15.4. The van der Waals surface area contributed by atoms with Crippen molar-refractivity contribution < 1.29 is 4.79 Å². The SMILES string of the molecule is Cc1ccc(NC(=O)CSc2nc3ccsc3c(=O)n2-c2ccccc2C)c(C)c1. The molecule has 0 bridgehead atoms. The number of para-hydroxylation sites is 1. The van der Waals surface area contributed by atoms with Crippen molar-refractivity contribution in [1.29, 1.82) is 0 Å². The second kappa shape index (κ2) is 8.45. The fourth-order valence-corrected chi connectivity index (χ4v) is 4.85. The summed E-state index contributed by atoms with van der Waals surface area (Å²) in [6.45, 7) is 5.95. The van der Waals surface area contributed by atoms with E-state index in [2.05, 4.69) is 10.3 Å². The van der Waals surface area contributed by atoms with Crippen molar-refractivity contribution in [3.8, 4) is 5.69 Å². The molecule has 0 fully saturated rings. The van der Waals surface area contributed by atoms with Crippen LogP contribution in [0.1, 0.15) is 16.7 Å². The van der Waals surface area contributed by atoms with Gasteiger partial charge in [-0.05, 0) is 55.5 Å². The van der Waals surface area contributed by atoms with Crippen molar-refractivity contribution in [3.05, 3.63) is 81.0 Å². The quantitative estimate of drug-likeness (QED) is 0.350. The van der Waals surface area contributed by atoms with Crippen LogP contribution in [0.15, 0.2) is 63.9 Å². The Balaban J connectivity index is 1.65. The van der Waals surface area contributed by atoms with Crippen LogP contribution in [0.5, 0.6) is 0 Å². The number of nitrogens with one attached hydrogen (secondary N) is 1. The summed E-state index contributed by atoms with van der Waals surface area (Å²) in [6.07, 6.45) is 0. The predicted molar refractivity (Wildman–Crippen MR) is 125 cm³/mol. The molecule has 0 saturated carbocycles. The lowest BCUT2D eigenvalue weighted by Gasteiger charge is -2.14. The van der Waals surface area contributed by atoms with Gasteiger partial charge >= 0.3 is 0 Å². The van der Waals surface area contributed by atoms with Gasteiger partial charge < -0.3 is 5.32 Å². The normalized spacial score (nSPS) is 11.0. The summed E-state index contributed by atoms with van der Waals surface area (Å²) in [4.78, 5) is 30.5. The third kappa shape index (κ3) is 4.04. The second-order valence-electron chi connectivity index (χ2n) is 7.11. The highest BCUT2D eigenvalue weighted by Gasteiger charge is 2.17. The van der Waals surface area contributed by atoms with Gasteiger partial charge in [-0.2, -0.15) is 0 Å². The number of rotatable bonds is 5. The lowest BCUT2D eigenvalue weighted by molar-refractivity contribution is -0.113. The van der Waals surface area contributed by atoms with E-state index >= 15 is 0 Å². The molecule has 0 atom stereocenters. The van der Waals surface area contributed by atoms with Crippen molar-refractivity contribution >= 4 is 44.9 Å².